The van der Waals surface area contributed by atoms with E-state index < -0.39 is 42.7 Å². The number of piperidine rings is 1. The standard InChI is InChI=1S/C20H35F2N9O2/c21-12-7-26-18-15(17(23)28-31(18)10-12)19(32)27-14-9-25-8-13(22)16(14)29-1-3-30(4-2-29)20(33)11-5-24-6-11/h11-18,24-26,28H,1-10,23H2,(H,27,32). The highest BCUT2D eigenvalue weighted by atomic mass is 19.1. The van der Waals surface area contributed by atoms with E-state index in [0.717, 1.165) is 13.1 Å². The van der Waals surface area contributed by atoms with Gasteiger partial charge in [-0.1, -0.05) is 0 Å². The molecule has 2 amide bonds. The Labute approximate surface area is 192 Å². The first-order valence-electron chi connectivity index (χ1n) is 12.0. The highest BCUT2D eigenvalue weighted by molar-refractivity contribution is 5.81. The number of nitrogens with one attached hydrogen (secondary N) is 5. The van der Waals surface area contributed by atoms with Gasteiger partial charge in [-0.25, -0.2) is 19.2 Å². The van der Waals surface area contributed by atoms with Crippen molar-refractivity contribution in [3.05, 3.63) is 0 Å². The van der Waals surface area contributed by atoms with Gasteiger partial charge in [0.25, 0.3) is 0 Å². The molecular weight excluding hydrogens is 436 g/mol. The number of alkyl halides is 2. The highest BCUT2D eigenvalue weighted by Gasteiger charge is 2.48. The summed E-state index contributed by atoms with van der Waals surface area (Å²) in [6.07, 6.45) is -3.24. The van der Waals surface area contributed by atoms with Crippen LogP contribution < -0.4 is 32.4 Å². The maximum absolute atomic E-state index is 15.1. The number of amides is 2. The molecule has 0 radical (unpaired) electrons. The van der Waals surface area contributed by atoms with E-state index in [0.29, 0.717) is 32.7 Å². The van der Waals surface area contributed by atoms with Gasteiger partial charge in [0.15, 0.2) is 0 Å². The van der Waals surface area contributed by atoms with Gasteiger partial charge in [0.2, 0.25) is 11.8 Å². The van der Waals surface area contributed by atoms with Crippen molar-refractivity contribution in [2.45, 2.75) is 36.8 Å². The highest BCUT2D eigenvalue weighted by Crippen LogP contribution is 2.24. The minimum atomic E-state index is -1.14. The number of nitrogens with two attached hydrogens (primary N) is 1. The number of rotatable bonds is 4. The number of halogens is 2. The Hall–Kier alpha value is -1.48. The van der Waals surface area contributed by atoms with Gasteiger partial charge in [0, 0.05) is 65.4 Å². The van der Waals surface area contributed by atoms with Crippen LogP contribution in [0.2, 0.25) is 0 Å². The lowest BCUT2D eigenvalue weighted by atomic mass is 9.94. The van der Waals surface area contributed by atoms with Crippen LogP contribution in [0, 0.1) is 11.8 Å². The summed E-state index contributed by atoms with van der Waals surface area (Å²) < 4.78 is 28.8. The molecule has 0 bridgehead atoms. The average Bonchev–Trinajstić information content (AvgIpc) is 3.07. The Morgan fingerprint density at radius 3 is 2.39 bits per heavy atom. The smallest absolute Gasteiger partial charge is 0.229 e. The molecule has 33 heavy (non-hydrogen) atoms. The number of piperazine rings is 1. The van der Waals surface area contributed by atoms with Crippen LogP contribution in [-0.4, -0.2) is 129 Å². The van der Waals surface area contributed by atoms with Crippen LogP contribution >= 0.6 is 0 Å². The van der Waals surface area contributed by atoms with Gasteiger partial charge in [-0.2, -0.15) is 0 Å². The maximum atomic E-state index is 15.1. The molecule has 7 N–H and O–H groups in total. The van der Waals surface area contributed by atoms with E-state index in [1.54, 1.807) is 5.01 Å². The van der Waals surface area contributed by atoms with E-state index in [9.17, 15) is 14.0 Å². The molecule has 13 heteroatoms. The van der Waals surface area contributed by atoms with Crippen LogP contribution in [0.4, 0.5) is 8.78 Å². The van der Waals surface area contributed by atoms with Crippen molar-refractivity contribution >= 4 is 11.8 Å². The van der Waals surface area contributed by atoms with Crippen molar-refractivity contribution in [3.63, 3.8) is 0 Å². The van der Waals surface area contributed by atoms with Crippen molar-refractivity contribution in [2.75, 3.05) is 65.4 Å². The van der Waals surface area contributed by atoms with Gasteiger partial charge in [-0.05, 0) is 0 Å². The third-order valence-electron chi connectivity index (χ3n) is 7.62. The molecule has 5 heterocycles. The molecule has 5 aliphatic heterocycles. The fourth-order valence-electron chi connectivity index (χ4n) is 5.71. The zero-order valence-electron chi connectivity index (χ0n) is 18.7. The molecule has 0 aromatic heterocycles. The summed E-state index contributed by atoms with van der Waals surface area (Å²) in [6, 6.07) is -0.910. The number of fused-ring (bicyclic) bond motifs is 1. The summed E-state index contributed by atoms with van der Waals surface area (Å²) in [6.45, 7) is 4.74. The minimum absolute atomic E-state index is 0.0567. The van der Waals surface area contributed by atoms with Gasteiger partial charge < -0.3 is 26.6 Å². The lowest BCUT2D eigenvalue weighted by Crippen LogP contribution is -2.68. The average molecular weight is 472 g/mol. The zero-order chi connectivity index (χ0) is 23.1. The lowest BCUT2D eigenvalue weighted by Gasteiger charge is -2.46. The first-order chi connectivity index (χ1) is 15.9. The summed E-state index contributed by atoms with van der Waals surface area (Å²) in [4.78, 5) is 29.7. The summed E-state index contributed by atoms with van der Waals surface area (Å²) in [5, 5.41) is 13.9. The van der Waals surface area contributed by atoms with Crippen molar-refractivity contribution in [1.82, 2.24) is 41.5 Å². The second-order valence-corrected chi connectivity index (χ2v) is 9.78. The fraction of sp³-hybridized carbons (Fsp3) is 0.900. The molecule has 186 valence electrons. The van der Waals surface area contributed by atoms with Crippen LogP contribution in [0.25, 0.3) is 0 Å². The molecule has 0 aromatic carbocycles. The molecular formula is C20H35F2N9O2. The van der Waals surface area contributed by atoms with Gasteiger partial charge in [-0.3, -0.25) is 19.8 Å². The van der Waals surface area contributed by atoms with E-state index in [-0.39, 0.29) is 37.4 Å². The molecule has 11 nitrogen and oxygen atoms in total. The molecule has 0 spiro atoms. The predicted molar refractivity (Wildman–Crippen MR) is 116 cm³/mol. The molecule has 5 rings (SSSR count). The van der Waals surface area contributed by atoms with Crippen molar-refractivity contribution in [2.24, 2.45) is 17.6 Å². The number of carbonyl (C=O) groups excluding carboxylic acids is 2. The number of hydrazine groups is 1. The van der Waals surface area contributed by atoms with Crippen molar-refractivity contribution < 1.29 is 18.4 Å². The lowest BCUT2D eigenvalue weighted by molar-refractivity contribution is -0.139. The van der Waals surface area contributed by atoms with E-state index in [4.69, 9.17) is 5.73 Å². The second-order valence-electron chi connectivity index (χ2n) is 9.78. The van der Waals surface area contributed by atoms with Crippen LogP contribution in [0.5, 0.6) is 0 Å². The zero-order valence-corrected chi connectivity index (χ0v) is 18.7. The second kappa shape index (κ2) is 9.64. The molecule has 5 aliphatic rings. The first kappa shape index (κ1) is 23.3. The normalized spacial score (nSPS) is 40.8. The molecule has 7 atom stereocenters. The monoisotopic (exact) mass is 471 g/mol. The molecule has 0 saturated carbocycles. The fourth-order valence-corrected chi connectivity index (χ4v) is 5.71. The Morgan fingerprint density at radius 1 is 0.970 bits per heavy atom. The number of hydrogen-bond donors (Lipinski definition) is 6. The predicted octanol–water partition coefficient (Wildman–Crippen LogP) is -3.87. The number of hydrogen-bond acceptors (Lipinski definition) is 9. The quantitative estimate of drug-likeness (QED) is 0.244. The summed E-state index contributed by atoms with van der Waals surface area (Å²) >= 11 is 0. The number of nitrogens with zero attached hydrogens (tertiary/aromatic N) is 3. The first-order valence-corrected chi connectivity index (χ1v) is 12.0. The number of carbonyl (C=O) groups is 2. The molecule has 5 saturated heterocycles. The topological polar surface area (TPSA) is 130 Å². The Bertz CT molecular complexity index is 736. The Morgan fingerprint density at radius 2 is 1.70 bits per heavy atom. The van der Waals surface area contributed by atoms with E-state index >= 15 is 4.39 Å². The molecule has 0 aromatic rings. The van der Waals surface area contributed by atoms with Crippen LogP contribution in [0.3, 0.4) is 0 Å². The van der Waals surface area contributed by atoms with E-state index in [1.165, 1.54) is 0 Å². The summed E-state index contributed by atoms with van der Waals surface area (Å²) in [7, 11) is 0. The largest absolute Gasteiger partial charge is 0.350 e. The van der Waals surface area contributed by atoms with Gasteiger partial charge in [0.1, 0.15) is 12.3 Å². The SMILES string of the molecule is NC1NN2CC(F)CNC2C1C(=O)NC1CNCC(F)C1N1CCN(C(=O)C2CNC2)CC1. The van der Waals surface area contributed by atoms with Gasteiger partial charge in [0.05, 0.1) is 36.3 Å². The van der Waals surface area contributed by atoms with Crippen LogP contribution in [-0.2, 0) is 9.59 Å². The molecule has 5 fully saturated rings. The Kier molecular flexibility index (Phi) is 6.80. The van der Waals surface area contributed by atoms with E-state index in [2.05, 4.69) is 31.6 Å². The summed E-state index contributed by atoms with van der Waals surface area (Å²) in [5.74, 6) is -0.669. The molecule has 0 aliphatic carbocycles. The van der Waals surface area contributed by atoms with Gasteiger partial charge >= 0.3 is 0 Å². The Balaban J connectivity index is 1.21. The van der Waals surface area contributed by atoms with E-state index in [1.807, 2.05) is 4.90 Å². The third kappa shape index (κ3) is 4.59. The molecule has 7 unspecified atom stereocenters. The van der Waals surface area contributed by atoms with Crippen LogP contribution in [0.1, 0.15) is 0 Å². The van der Waals surface area contributed by atoms with Crippen molar-refractivity contribution in [3.8, 4) is 0 Å². The minimum Gasteiger partial charge on any atom is -0.350 e. The van der Waals surface area contributed by atoms with Gasteiger partial charge in [-0.15, -0.1) is 0 Å². The summed E-state index contributed by atoms with van der Waals surface area (Å²) in [5.41, 5.74) is 9.14. The third-order valence-corrected chi connectivity index (χ3v) is 7.62. The van der Waals surface area contributed by atoms with Crippen molar-refractivity contribution in [1.29, 1.82) is 0 Å². The van der Waals surface area contributed by atoms with Crippen LogP contribution in [0.15, 0.2) is 0 Å². The maximum Gasteiger partial charge on any atom is 0.229 e.